The summed E-state index contributed by atoms with van der Waals surface area (Å²) in [7, 11) is 1.86. The maximum atomic E-state index is 5.50. The largest absolute Gasteiger partial charge is 0.382 e. The van der Waals surface area contributed by atoms with Crippen molar-refractivity contribution in [1.82, 2.24) is 24.7 Å². The number of anilines is 1. The lowest BCUT2D eigenvalue weighted by molar-refractivity contribution is 0.787. The van der Waals surface area contributed by atoms with Crippen molar-refractivity contribution in [3.05, 3.63) is 18.7 Å². The minimum atomic E-state index is 0.400. The van der Waals surface area contributed by atoms with E-state index in [2.05, 4.69) is 20.2 Å². The average molecular weight is 208 g/mol. The van der Waals surface area contributed by atoms with Gasteiger partial charge in [-0.15, -0.1) is 10.2 Å². The Kier molecular flexibility index (Phi) is 2.32. The number of nitrogens with two attached hydrogens (primary N) is 1. The molecule has 0 unspecified atom stereocenters. The number of nitrogens with zero attached hydrogens (tertiary/aromatic N) is 5. The molecule has 6 nitrogen and oxygen atoms in total. The van der Waals surface area contributed by atoms with Crippen molar-refractivity contribution in [1.29, 1.82) is 0 Å². The van der Waals surface area contributed by atoms with Crippen molar-refractivity contribution in [2.75, 3.05) is 5.73 Å². The quantitative estimate of drug-likeness (QED) is 0.766. The smallest absolute Gasteiger partial charge is 0.197 e. The zero-order chi connectivity index (χ0) is 9.97. The molecule has 0 saturated carbocycles. The van der Waals surface area contributed by atoms with Crippen molar-refractivity contribution < 1.29 is 0 Å². The predicted molar refractivity (Wildman–Crippen MR) is 51.6 cm³/mol. The standard InChI is InChI=1S/C7H8N6S/c1-13-4-10-12-7(13)14-6-3-9-2-5(8)11-6/h2-4H,1H3,(H2,8,11). The van der Waals surface area contributed by atoms with Gasteiger partial charge in [0.25, 0.3) is 0 Å². The van der Waals surface area contributed by atoms with E-state index in [-0.39, 0.29) is 0 Å². The van der Waals surface area contributed by atoms with Crippen LogP contribution in [0.1, 0.15) is 0 Å². The SMILES string of the molecule is Cn1cnnc1Sc1cncc(N)n1. The summed E-state index contributed by atoms with van der Waals surface area (Å²) in [4.78, 5) is 8.01. The maximum absolute atomic E-state index is 5.50. The Labute approximate surface area is 84.6 Å². The molecule has 0 aliphatic carbocycles. The molecule has 0 atom stereocenters. The van der Waals surface area contributed by atoms with Gasteiger partial charge in [0, 0.05) is 7.05 Å². The first-order valence-electron chi connectivity index (χ1n) is 3.85. The molecule has 7 heteroatoms. The lowest BCUT2D eigenvalue weighted by atomic mass is 10.7. The third-order valence-corrected chi connectivity index (χ3v) is 2.45. The van der Waals surface area contributed by atoms with E-state index < -0.39 is 0 Å². The number of nitrogen functional groups attached to an aromatic ring is 1. The molecule has 72 valence electrons. The Morgan fingerprint density at radius 1 is 1.43 bits per heavy atom. The van der Waals surface area contributed by atoms with Crippen LogP contribution in [0.25, 0.3) is 0 Å². The van der Waals surface area contributed by atoms with Crippen LogP contribution in [0.2, 0.25) is 0 Å². The molecule has 0 amide bonds. The summed E-state index contributed by atoms with van der Waals surface area (Å²) in [5, 5.41) is 9.12. The first-order chi connectivity index (χ1) is 6.75. The molecule has 0 fully saturated rings. The highest BCUT2D eigenvalue weighted by Gasteiger charge is 2.04. The molecule has 2 aromatic heterocycles. The Morgan fingerprint density at radius 3 is 2.93 bits per heavy atom. The van der Waals surface area contributed by atoms with Gasteiger partial charge >= 0.3 is 0 Å². The van der Waals surface area contributed by atoms with Crippen LogP contribution < -0.4 is 5.73 Å². The highest BCUT2D eigenvalue weighted by molar-refractivity contribution is 7.99. The molecule has 0 aliphatic heterocycles. The molecule has 14 heavy (non-hydrogen) atoms. The van der Waals surface area contributed by atoms with E-state index in [4.69, 9.17) is 5.73 Å². The Morgan fingerprint density at radius 2 is 2.29 bits per heavy atom. The van der Waals surface area contributed by atoms with Gasteiger partial charge in [-0.25, -0.2) is 4.98 Å². The monoisotopic (exact) mass is 208 g/mol. The molecule has 0 radical (unpaired) electrons. The lowest BCUT2D eigenvalue weighted by Gasteiger charge is -1.99. The van der Waals surface area contributed by atoms with E-state index in [0.29, 0.717) is 10.8 Å². The van der Waals surface area contributed by atoms with Gasteiger partial charge in [-0.05, 0) is 11.8 Å². The molecule has 0 spiro atoms. The molecule has 0 bridgehead atoms. The second-order valence-corrected chi connectivity index (χ2v) is 3.60. The van der Waals surface area contributed by atoms with Gasteiger partial charge in [0.2, 0.25) is 0 Å². The summed E-state index contributed by atoms with van der Waals surface area (Å²) in [5.74, 6) is 0.400. The predicted octanol–water partition coefficient (Wildman–Crippen LogP) is 0.338. The zero-order valence-corrected chi connectivity index (χ0v) is 8.27. The fraction of sp³-hybridized carbons (Fsp3) is 0.143. The van der Waals surface area contributed by atoms with Crippen LogP contribution in [-0.4, -0.2) is 24.7 Å². The van der Waals surface area contributed by atoms with Crippen molar-refractivity contribution in [3.63, 3.8) is 0 Å². The van der Waals surface area contributed by atoms with E-state index in [1.54, 1.807) is 17.1 Å². The number of hydrogen-bond donors (Lipinski definition) is 1. The maximum Gasteiger partial charge on any atom is 0.197 e. The van der Waals surface area contributed by atoms with Crippen LogP contribution in [-0.2, 0) is 7.05 Å². The van der Waals surface area contributed by atoms with E-state index in [1.165, 1.54) is 18.0 Å². The van der Waals surface area contributed by atoms with Gasteiger partial charge in [-0.2, -0.15) is 0 Å². The van der Waals surface area contributed by atoms with Crippen molar-refractivity contribution >= 4 is 17.6 Å². The van der Waals surface area contributed by atoms with Crippen LogP contribution in [0, 0.1) is 0 Å². The van der Waals surface area contributed by atoms with Crippen LogP contribution in [0.4, 0.5) is 5.82 Å². The van der Waals surface area contributed by atoms with Crippen LogP contribution in [0.5, 0.6) is 0 Å². The molecule has 2 rings (SSSR count). The van der Waals surface area contributed by atoms with Crippen LogP contribution in [0.3, 0.4) is 0 Å². The second-order valence-electron chi connectivity index (χ2n) is 2.61. The molecule has 2 aromatic rings. The summed E-state index contributed by atoms with van der Waals surface area (Å²) in [5.41, 5.74) is 5.50. The van der Waals surface area contributed by atoms with Crippen molar-refractivity contribution in [2.24, 2.45) is 7.05 Å². The average Bonchev–Trinajstić information content (AvgIpc) is 2.52. The Bertz CT molecular complexity index is 439. The normalized spacial score (nSPS) is 10.4. The summed E-state index contributed by atoms with van der Waals surface area (Å²) >= 11 is 1.37. The minimum Gasteiger partial charge on any atom is -0.382 e. The second kappa shape index (κ2) is 3.62. The van der Waals surface area contributed by atoms with E-state index in [0.717, 1.165) is 5.16 Å². The van der Waals surface area contributed by atoms with E-state index >= 15 is 0 Å². The van der Waals surface area contributed by atoms with Crippen LogP contribution in [0.15, 0.2) is 28.9 Å². The summed E-state index contributed by atoms with van der Waals surface area (Å²) < 4.78 is 1.80. The minimum absolute atomic E-state index is 0.400. The third-order valence-electron chi connectivity index (χ3n) is 1.50. The molecular weight excluding hydrogens is 200 g/mol. The molecule has 0 aliphatic rings. The highest BCUT2D eigenvalue weighted by atomic mass is 32.2. The Hall–Kier alpha value is -1.63. The fourth-order valence-electron chi connectivity index (χ4n) is 0.870. The fourth-order valence-corrected chi connectivity index (χ4v) is 1.60. The van der Waals surface area contributed by atoms with Gasteiger partial charge in [0.1, 0.15) is 17.2 Å². The number of rotatable bonds is 2. The van der Waals surface area contributed by atoms with Gasteiger partial charge in [0.15, 0.2) is 5.16 Å². The van der Waals surface area contributed by atoms with Gasteiger partial charge < -0.3 is 10.3 Å². The molecule has 0 aromatic carbocycles. The molecule has 2 N–H and O–H groups in total. The van der Waals surface area contributed by atoms with E-state index in [9.17, 15) is 0 Å². The summed E-state index contributed by atoms with van der Waals surface area (Å²) in [6.45, 7) is 0. The van der Waals surface area contributed by atoms with Gasteiger partial charge in [-0.1, -0.05) is 0 Å². The summed E-state index contributed by atoms with van der Waals surface area (Å²) in [6.07, 6.45) is 4.76. The lowest BCUT2D eigenvalue weighted by Crippen LogP contribution is -1.94. The highest BCUT2D eigenvalue weighted by Crippen LogP contribution is 2.22. The third kappa shape index (κ3) is 1.82. The Balaban J connectivity index is 2.23. The van der Waals surface area contributed by atoms with Crippen molar-refractivity contribution in [3.8, 4) is 0 Å². The van der Waals surface area contributed by atoms with Gasteiger partial charge in [0.05, 0.1) is 12.4 Å². The van der Waals surface area contributed by atoms with E-state index in [1.807, 2.05) is 7.05 Å². The first kappa shape index (κ1) is 8.95. The van der Waals surface area contributed by atoms with Gasteiger partial charge in [-0.3, -0.25) is 4.98 Å². The number of aryl methyl sites for hydroxylation is 1. The van der Waals surface area contributed by atoms with Crippen LogP contribution >= 0.6 is 11.8 Å². The number of aromatic nitrogens is 5. The first-order valence-corrected chi connectivity index (χ1v) is 4.67. The zero-order valence-electron chi connectivity index (χ0n) is 7.45. The topological polar surface area (TPSA) is 82.5 Å². The molecule has 0 saturated heterocycles. The van der Waals surface area contributed by atoms with Crippen molar-refractivity contribution in [2.45, 2.75) is 10.2 Å². The summed E-state index contributed by atoms with van der Waals surface area (Å²) in [6, 6.07) is 0. The molecular formula is C7H8N6S. The molecule has 2 heterocycles. The number of hydrogen-bond acceptors (Lipinski definition) is 6.